The van der Waals surface area contributed by atoms with Crippen molar-refractivity contribution in [1.82, 2.24) is 0 Å². The molecule has 1 heterocycles. The Kier molecular flexibility index (Phi) is 8.27. The zero-order valence-electron chi connectivity index (χ0n) is 21.1. The summed E-state index contributed by atoms with van der Waals surface area (Å²) >= 11 is 0. The van der Waals surface area contributed by atoms with Crippen molar-refractivity contribution < 1.29 is 19.0 Å². The maximum absolute atomic E-state index is 12.4. The van der Waals surface area contributed by atoms with E-state index in [-0.39, 0.29) is 5.88 Å². The third kappa shape index (κ3) is 6.39. The number of carbonyl (C=O) groups excluding carboxylic acids is 1. The first-order valence-corrected chi connectivity index (χ1v) is 12.4. The van der Waals surface area contributed by atoms with Crippen LogP contribution in [-0.2, 0) is 4.79 Å². The van der Waals surface area contributed by atoms with Gasteiger partial charge in [0.25, 0.3) is 0 Å². The summed E-state index contributed by atoms with van der Waals surface area (Å²) in [6.45, 7) is 4.83. The van der Waals surface area contributed by atoms with Crippen LogP contribution in [-0.4, -0.2) is 12.6 Å². The molecule has 0 spiro atoms. The first-order valence-electron chi connectivity index (χ1n) is 12.4. The molecule has 4 rings (SSSR count). The molecule has 0 aliphatic carbocycles. The predicted molar refractivity (Wildman–Crippen MR) is 143 cm³/mol. The van der Waals surface area contributed by atoms with Crippen molar-refractivity contribution >= 4 is 12.0 Å². The number of ether oxygens (including phenoxy) is 3. The maximum Gasteiger partial charge on any atom is 0.336 e. The van der Waals surface area contributed by atoms with Crippen molar-refractivity contribution in [2.24, 2.45) is 5.73 Å². The van der Waals surface area contributed by atoms with E-state index in [0.717, 1.165) is 47.3 Å². The zero-order chi connectivity index (χ0) is 26.2. The van der Waals surface area contributed by atoms with Gasteiger partial charge in [-0.05, 0) is 48.7 Å². The fraction of sp³-hybridized carbons (Fsp3) is 0.226. The van der Waals surface area contributed by atoms with Crippen molar-refractivity contribution in [3.8, 4) is 23.3 Å². The highest BCUT2D eigenvalue weighted by Gasteiger charge is 2.31. The van der Waals surface area contributed by atoms with E-state index in [1.807, 2.05) is 55.5 Å². The summed E-state index contributed by atoms with van der Waals surface area (Å²) in [5.74, 6) is 0.651. The molecule has 188 valence electrons. The molecule has 3 aromatic rings. The Morgan fingerprint density at radius 3 is 2.49 bits per heavy atom. The number of rotatable bonds is 9. The monoisotopic (exact) mass is 494 g/mol. The minimum Gasteiger partial charge on any atom is -0.494 e. The van der Waals surface area contributed by atoms with Gasteiger partial charge in [-0.15, -0.1) is 0 Å². The quantitative estimate of drug-likeness (QED) is 0.160. The molecule has 0 radical (unpaired) electrons. The second-order valence-corrected chi connectivity index (χ2v) is 8.91. The molecule has 0 aromatic heterocycles. The summed E-state index contributed by atoms with van der Waals surface area (Å²) in [5, 5.41) is 9.81. The average Bonchev–Trinajstić information content (AvgIpc) is 2.90. The van der Waals surface area contributed by atoms with Gasteiger partial charge in [0, 0.05) is 17.7 Å². The van der Waals surface area contributed by atoms with E-state index >= 15 is 0 Å². The summed E-state index contributed by atoms with van der Waals surface area (Å²) in [5.41, 5.74) is 10.1. The summed E-state index contributed by atoms with van der Waals surface area (Å²) in [6, 6.07) is 22.8. The van der Waals surface area contributed by atoms with Crippen molar-refractivity contribution in [2.75, 3.05) is 6.61 Å². The Balaban J connectivity index is 1.52. The number of benzene rings is 3. The fourth-order valence-corrected chi connectivity index (χ4v) is 4.13. The maximum atomic E-state index is 12.4. The lowest BCUT2D eigenvalue weighted by molar-refractivity contribution is -0.128. The smallest absolute Gasteiger partial charge is 0.336 e. The van der Waals surface area contributed by atoms with Crippen molar-refractivity contribution in [3.05, 3.63) is 107 Å². The predicted octanol–water partition coefficient (Wildman–Crippen LogP) is 6.40. The van der Waals surface area contributed by atoms with Gasteiger partial charge in [0.15, 0.2) is 0 Å². The Morgan fingerprint density at radius 2 is 1.78 bits per heavy atom. The van der Waals surface area contributed by atoms with Crippen LogP contribution in [0, 0.1) is 18.3 Å². The van der Waals surface area contributed by atoms with Gasteiger partial charge in [-0.3, -0.25) is 0 Å². The molecular weight excluding hydrogens is 464 g/mol. The number of esters is 1. The molecule has 6 nitrogen and oxygen atoms in total. The van der Waals surface area contributed by atoms with Crippen LogP contribution in [0.25, 0.3) is 6.08 Å². The fourth-order valence-electron chi connectivity index (χ4n) is 4.13. The SMILES string of the molecule is CCCCCOc1ccc(C2C(C#N)=C(N)Oc3cc(OC(=O)/C=C/c4ccc(C)cc4)ccc32)cc1. The van der Waals surface area contributed by atoms with E-state index < -0.39 is 11.9 Å². The molecule has 1 unspecified atom stereocenters. The molecular formula is C31H30N2O4. The number of fused-ring (bicyclic) bond motifs is 1. The lowest BCUT2D eigenvalue weighted by Crippen LogP contribution is -2.21. The third-order valence-corrected chi connectivity index (χ3v) is 6.13. The van der Waals surface area contributed by atoms with Crippen LogP contribution in [0.3, 0.4) is 0 Å². The highest BCUT2D eigenvalue weighted by atomic mass is 16.5. The number of carbonyl (C=O) groups is 1. The molecule has 1 aliphatic heterocycles. The number of unbranched alkanes of at least 4 members (excludes halogenated alkanes) is 2. The Labute approximate surface area is 217 Å². The average molecular weight is 495 g/mol. The van der Waals surface area contributed by atoms with Gasteiger partial charge in [0.1, 0.15) is 28.9 Å². The van der Waals surface area contributed by atoms with Gasteiger partial charge < -0.3 is 19.9 Å². The summed E-state index contributed by atoms with van der Waals surface area (Å²) in [4.78, 5) is 12.4. The number of aryl methyl sites for hydroxylation is 1. The molecule has 6 heteroatoms. The lowest BCUT2D eigenvalue weighted by Gasteiger charge is -2.26. The van der Waals surface area contributed by atoms with Gasteiger partial charge in [-0.25, -0.2) is 4.79 Å². The number of hydrogen-bond donors (Lipinski definition) is 1. The number of nitrogens with two attached hydrogens (primary N) is 1. The second kappa shape index (κ2) is 12.0. The van der Waals surface area contributed by atoms with Crippen LogP contribution in [0.15, 0.2) is 84.3 Å². The highest BCUT2D eigenvalue weighted by Crippen LogP contribution is 2.43. The van der Waals surface area contributed by atoms with E-state index in [0.29, 0.717) is 23.7 Å². The molecule has 0 bridgehead atoms. The Hall–Kier alpha value is -4.50. The van der Waals surface area contributed by atoms with Gasteiger partial charge in [0.2, 0.25) is 5.88 Å². The second-order valence-electron chi connectivity index (χ2n) is 8.91. The topological polar surface area (TPSA) is 94.6 Å². The summed E-state index contributed by atoms with van der Waals surface area (Å²) in [6.07, 6.45) is 6.36. The minimum atomic E-state index is -0.511. The van der Waals surface area contributed by atoms with Gasteiger partial charge in [-0.1, -0.05) is 67.8 Å². The first kappa shape index (κ1) is 25.6. The first-order chi connectivity index (χ1) is 18.0. The molecule has 1 aliphatic rings. The van der Waals surface area contributed by atoms with E-state index in [4.69, 9.17) is 19.9 Å². The summed E-state index contributed by atoms with van der Waals surface area (Å²) in [7, 11) is 0. The molecule has 0 amide bonds. The molecule has 0 saturated heterocycles. The van der Waals surface area contributed by atoms with Crippen LogP contribution < -0.4 is 19.9 Å². The Bertz CT molecular complexity index is 1350. The molecule has 2 N–H and O–H groups in total. The van der Waals surface area contributed by atoms with Crippen LogP contribution in [0.5, 0.6) is 17.2 Å². The van der Waals surface area contributed by atoms with Crippen molar-refractivity contribution in [1.29, 1.82) is 5.26 Å². The number of nitrogens with zero attached hydrogens (tertiary/aromatic N) is 1. The van der Waals surface area contributed by atoms with Crippen LogP contribution in [0.2, 0.25) is 0 Å². The number of hydrogen-bond acceptors (Lipinski definition) is 6. The normalized spacial score (nSPS) is 14.6. The lowest BCUT2D eigenvalue weighted by atomic mass is 9.83. The van der Waals surface area contributed by atoms with Crippen LogP contribution >= 0.6 is 0 Å². The summed E-state index contributed by atoms with van der Waals surface area (Å²) < 4.78 is 17.1. The van der Waals surface area contributed by atoms with Gasteiger partial charge >= 0.3 is 5.97 Å². The minimum absolute atomic E-state index is 0.0302. The Morgan fingerprint density at radius 1 is 1.05 bits per heavy atom. The van der Waals surface area contributed by atoms with Gasteiger partial charge in [0.05, 0.1) is 12.5 Å². The van der Waals surface area contributed by atoms with E-state index in [9.17, 15) is 10.1 Å². The molecule has 3 aromatic carbocycles. The number of nitriles is 1. The van der Waals surface area contributed by atoms with Crippen molar-refractivity contribution in [3.63, 3.8) is 0 Å². The van der Waals surface area contributed by atoms with E-state index in [1.165, 1.54) is 6.08 Å². The highest BCUT2D eigenvalue weighted by molar-refractivity contribution is 5.88. The molecule has 1 atom stereocenters. The molecule has 37 heavy (non-hydrogen) atoms. The standard InChI is InChI=1S/C31H30N2O4/c1-3-4-5-18-35-24-13-11-23(12-14-24)30-26-16-15-25(19-28(26)37-31(33)27(30)20-32)36-29(34)17-10-22-8-6-21(2)7-9-22/h6-17,19,30H,3-5,18,33H2,1-2H3/b17-10+. The van der Waals surface area contributed by atoms with Crippen LogP contribution in [0.1, 0.15) is 54.4 Å². The largest absolute Gasteiger partial charge is 0.494 e. The van der Waals surface area contributed by atoms with Crippen LogP contribution in [0.4, 0.5) is 0 Å². The van der Waals surface area contributed by atoms with Gasteiger partial charge in [-0.2, -0.15) is 5.26 Å². The van der Waals surface area contributed by atoms with Crippen molar-refractivity contribution in [2.45, 2.75) is 39.0 Å². The molecule has 0 fully saturated rings. The molecule has 0 saturated carbocycles. The van der Waals surface area contributed by atoms with E-state index in [2.05, 4.69) is 13.0 Å². The third-order valence-electron chi connectivity index (χ3n) is 6.13. The van der Waals surface area contributed by atoms with E-state index in [1.54, 1.807) is 24.3 Å². The zero-order valence-corrected chi connectivity index (χ0v) is 21.1. The number of allylic oxidation sites excluding steroid dienone is 1.